The van der Waals surface area contributed by atoms with Gasteiger partial charge in [-0.05, 0) is 36.6 Å². The summed E-state index contributed by atoms with van der Waals surface area (Å²) in [6.45, 7) is 4.91. The Bertz CT molecular complexity index is 294. The Labute approximate surface area is 85.5 Å². The van der Waals surface area contributed by atoms with Gasteiger partial charge in [0.2, 0.25) is 0 Å². The fourth-order valence-corrected chi connectivity index (χ4v) is 1.75. The number of phenolic OH excluding ortho intramolecular Hbond substituents is 1. The molecule has 0 bridgehead atoms. The third kappa shape index (κ3) is 2.48. The Morgan fingerprint density at radius 1 is 1.43 bits per heavy atom. The van der Waals surface area contributed by atoms with E-state index < -0.39 is 0 Å². The summed E-state index contributed by atoms with van der Waals surface area (Å²) in [7, 11) is 1.72. The maximum atomic E-state index is 9.29. The first-order valence-electron chi connectivity index (χ1n) is 4.97. The Morgan fingerprint density at radius 2 is 2.14 bits per heavy atom. The Kier molecular flexibility index (Phi) is 3.96. The predicted molar refractivity (Wildman–Crippen MR) is 57.8 cm³/mol. The summed E-state index contributed by atoms with van der Waals surface area (Å²) < 4.78 is 5.17. The number of hydrogen-bond donors (Lipinski definition) is 1. The molecule has 1 atom stereocenters. The van der Waals surface area contributed by atoms with Crippen LogP contribution in [0.3, 0.4) is 0 Å². The Balaban J connectivity index is 2.92. The summed E-state index contributed by atoms with van der Waals surface area (Å²) >= 11 is 0. The van der Waals surface area contributed by atoms with Gasteiger partial charge in [0, 0.05) is 13.0 Å². The van der Waals surface area contributed by atoms with E-state index >= 15 is 0 Å². The molecular formula is C12H18O2. The van der Waals surface area contributed by atoms with Crippen molar-refractivity contribution in [2.45, 2.75) is 26.2 Å². The minimum Gasteiger partial charge on any atom is -0.508 e. The summed E-state index contributed by atoms with van der Waals surface area (Å²) in [5.74, 6) is 0.763. The molecule has 0 fully saturated rings. The van der Waals surface area contributed by atoms with Gasteiger partial charge in [0.25, 0.3) is 0 Å². The van der Waals surface area contributed by atoms with E-state index in [2.05, 4.69) is 6.92 Å². The summed E-state index contributed by atoms with van der Waals surface area (Å²) in [6, 6.07) is 5.52. The molecule has 1 unspecified atom stereocenters. The number of aromatic hydroxyl groups is 1. The number of ether oxygens (including phenoxy) is 1. The van der Waals surface area contributed by atoms with Crippen LogP contribution in [0.25, 0.3) is 0 Å². The number of methoxy groups -OCH3 is 1. The first kappa shape index (κ1) is 11.1. The highest BCUT2D eigenvalue weighted by Crippen LogP contribution is 2.25. The van der Waals surface area contributed by atoms with Gasteiger partial charge < -0.3 is 9.84 Å². The van der Waals surface area contributed by atoms with Crippen LogP contribution in [0.15, 0.2) is 18.2 Å². The van der Waals surface area contributed by atoms with E-state index in [9.17, 15) is 5.11 Å². The van der Waals surface area contributed by atoms with Gasteiger partial charge in [-0.1, -0.05) is 13.0 Å². The number of rotatable bonds is 4. The molecule has 0 heterocycles. The molecule has 1 aromatic carbocycles. The van der Waals surface area contributed by atoms with Crippen LogP contribution in [-0.4, -0.2) is 18.8 Å². The van der Waals surface area contributed by atoms with Gasteiger partial charge in [-0.25, -0.2) is 0 Å². The van der Waals surface area contributed by atoms with Crippen molar-refractivity contribution < 1.29 is 9.84 Å². The molecule has 0 spiro atoms. The summed E-state index contributed by atoms with van der Waals surface area (Å²) in [5, 5.41) is 9.29. The van der Waals surface area contributed by atoms with Crippen LogP contribution in [0.5, 0.6) is 5.75 Å². The fourth-order valence-electron chi connectivity index (χ4n) is 1.75. The molecule has 1 N–H and O–H groups in total. The molecule has 0 saturated carbocycles. The first-order chi connectivity index (χ1) is 6.69. The Morgan fingerprint density at radius 3 is 2.64 bits per heavy atom. The molecule has 2 nitrogen and oxygen atoms in total. The standard InChI is InChI=1S/C12H18O2/c1-4-10(8-14-3)12-6-5-11(13)7-9(12)2/h5-7,10,13H,4,8H2,1-3H3. The third-order valence-corrected chi connectivity index (χ3v) is 2.55. The maximum Gasteiger partial charge on any atom is 0.115 e. The van der Waals surface area contributed by atoms with Gasteiger partial charge in [0.1, 0.15) is 5.75 Å². The molecule has 78 valence electrons. The van der Waals surface area contributed by atoms with Crippen LogP contribution in [0.2, 0.25) is 0 Å². The smallest absolute Gasteiger partial charge is 0.115 e. The number of phenols is 1. The van der Waals surface area contributed by atoms with Crippen molar-refractivity contribution in [3.63, 3.8) is 0 Å². The lowest BCUT2D eigenvalue weighted by Gasteiger charge is -2.16. The largest absolute Gasteiger partial charge is 0.508 e. The van der Waals surface area contributed by atoms with Crippen LogP contribution in [0.1, 0.15) is 30.4 Å². The second-order valence-corrected chi connectivity index (χ2v) is 3.60. The highest BCUT2D eigenvalue weighted by atomic mass is 16.5. The molecule has 0 aliphatic heterocycles. The molecule has 14 heavy (non-hydrogen) atoms. The molecule has 0 saturated heterocycles. The van der Waals surface area contributed by atoms with Gasteiger partial charge in [0.05, 0.1) is 6.61 Å². The molecule has 2 heteroatoms. The van der Waals surface area contributed by atoms with E-state index in [1.807, 2.05) is 13.0 Å². The van der Waals surface area contributed by atoms with Gasteiger partial charge in [-0.15, -0.1) is 0 Å². The molecule has 0 radical (unpaired) electrons. The van der Waals surface area contributed by atoms with Crippen LogP contribution in [0.4, 0.5) is 0 Å². The minimum absolute atomic E-state index is 0.332. The average Bonchev–Trinajstić information content (AvgIpc) is 2.15. The first-order valence-corrected chi connectivity index (χ1v) is 4.97. The molecular weight excluding hydrogens is 176 g/mol. The van der Waals surface area contributed by atoms with Crippen LogP contribution in [-0.2, 0) is 4.74 Å². The van der Waals surface area contributed by atoms with Gasteiger partial charge >= 0.3 is 0 Å². The number of hydrogen-bond acceptors (Lipinski definition) is 2. The van der Waals surface area contributed by atoms with Crippen LogP contribution in [0, 0.1) is 6.92 Å². The third-order valence-electron chi connectivity index (χ3n) is 2.55. The van der Waals surface area contributed by atoms with Crippen molar-refractivity contribution in [2.24, 2.45) is 0 Å². The van der Waals surface area contributed by atoms with E-state index in [1.165, 1.54) is 5.56 Å². The van der Waals surface area contributed by atoms with Crippen molar-refractivity contribution in [3.05, 3.63) is 29.3 Å². The van der Waals surface area contributed by atoms with Gasteiger partial charge in [-0.2, -0.15) is 0 Å². The van der Waals surface area contributed by atoms with Gasteiger partial charge in [0.15, 0.2) is 0 Å². The second kappa shape index (κ2) is 5.01. The Hall–Kier alpha value is -1.02. The van der Waals surface area contributed by atoms with E-state index in [-0.39, 0.29) is 0 Å². The predicted octanol–water partition coefficient (Wildman–Crippen LogP) is 2.84. The summed E-state index contributed by atoms with van der Waals surface area (Å²) in [4.78, 5) is 0. The van der Waals surface area contributed by atoms with Crippen molar-refractivity contribution in [1.29, 1.82) is 0 Å². The summed E-state index contributed by atoms with van der Waals surface area (Å²) in [6.07, 6.45) is 1.06. The minimum atomic E-state index is 0.332. The van der Waals surface area contributed by atoms with Crippen LogP contribution < -0.4 is 0 Å². The quantitative estimate of drug-likeness (QED) is 0.798. The highest BCUT2D eigenvalue weighted by Gasteiger charge is 2.11. The lowest BCUT2D eigenvalue weighted by Crippen LogP contribution is -2.06. The maximum absolute atomic E-state index is 9.29. The van der Waals surface area contributed by atoms with Crippen molar-refractivity contribution in [2.75, 3.05) is 13.7 Å². The van der Waals surface area contributed by atoms with Crippen molar-refractivity contribution in [1.82, 2.24) is 0 Å². The molecule has 0 aliphatic rings. The van der Waals surface area contributed by atoms with Crippen LogP contribution >= 0.6 is 0 Å². The average molecular weight is 194 g/mol. The van der Waals surface area contributed by atoms with Crippen molar-refractivity contribution in [3.8, 4) is 5.75 Å². The van der Waals surface area contributed by atoms with Crippen molar-refractivity contribution >= 4 is 0 Å². The van der Waals surface area contributed by atoms with Gasteiger partial charge in [-0.3, -0.25) is 0 Å². The topological polar surface area (TPSA) is 29.5 Å². The zero-order valence-electron chi connectivity index (χ0n) is 9.08. The molecule has 0 amide bonds. The molecule has 0 aromatic heterocycles. The molecule has 1 rings (SSSR count). The second-order valence-electron chi connectivity index (χ2n) is 3.60. The SMILES string of the molecule is CCC(COC)c1ccc(O)cc1C. The van der Waals surface area contributed by atoms with E-state index in [0.717, 1.165) is 18.6 Å². The number of benzene rings is 1. The molecule has 1 aromatic rings. The van der Waals surface area contributed by atoms with E-state index in [4.69, 9.17) is 4.74 Å². The lowest BCUT2D eigenvalue weighted by atomic mass is 9.93. The summed E-state index contributed by atoms with van der Waals surface area (Å²) in [5.41, 5.74) is 2.40. The number of aryl methyl sites for hydroxylation is 1. The molecule has 0 aliphatic carbocycles. The zero-order chi connectivity index (χ0) is 10.6. The van der Waals surface area contributed by atoms with E-state index in [1.54, 1.807) is 19.2 Å². The highest BCUT2D eigenvalue weighted by molar-refractivity contribution is 5.36. The lowest BCUT2D eigenvalue weighted by molar-refractivity contribution is 0.177. The normalized spacial score (nSPS) is 12.8. The monoisotopic (exact) mass is 194 g/mol. The fraction of sp³-hybridized carbons (Fsp3) is 0.500. The zero-order valence-corrected chi connectivity index (χ0v) is 9.08. The van der Waals surface area contributed by atoms with E-state index in [0.29, 0.717) is 11.7 Å².